The molecule has 0 aliphatic heterocycles. The van der Waals surface area contributed by atoms with Crippen LogP contribution in [0.1, 0.15) is 15.4 Å². The Kier molecular flexibility index (Phi) is 3.49. The van der Waals surface area contributed by atoms with Crippen molar-refractivity contribution in [3.63, 3.8) is 0 Å². The van der Waals surface area contributed by atoms with Crippen LogP contribution in [0, 0.1) is 12.7 Å². The number of nitrogens with two attached hydrogens (primary N) is 1. The van der Waals surface area contributed by atoms with Gasteiger partial charge in [-0.3, -0.25) is 4.79 Å². The van der Waals surface area contributed by atoms with Gasteiger partial charge in [-0.05, 0) is 25.1 Å². The van der Waals surface area contributed by atoms with Crippen molar-refractivity contribution in [1.29, 1.82) is 0 Å². The maximum atomic E-state index is 13.5. The number of aryl methyl sites for hydroxylation is 1. The molecule has 1 heterocycles. The zero-order valence-corrected chi connectivity index (χ0v) is 10.9. The molecular weight excluding hydrogens is 277 g/mol. The number of carbonyl (C=O) groups is 1. The van der Waals surface area contributed by atoms with Gasteiger partial charge in [0.15, 0.2) is 5.13 Å². The molecule has 0 atom stereocenters. The van der Waals surface area contributed by atoms with Crippen LogP contribution in [0.25, 0.3) is 0 Å². The zero-order valence-electron chi connectivity index (χ0n) is 9.33. The Morgan fingerprint density at radius 1 is 1.56 bits per heavy atom. The number of halogens is 2. The molecule has 0 aliphatic rings. The van der Waals surface area contributed by atoms with E-state index in [4.69, 9.17) is 17.3 Å². The Hall–Kier alpha value is -1.66. The van der Waals surface area contributed by atoms with E-state index in [0.29, 0.717) is 15.7 Å². The topological polar surface area (TPSA) is 68.0 Å². The van der Waals surface area contributed by atoms with E-state index in [2.05, 4.69) is 10.3 Å². The number of carbonyl (C=O) groups excluding carboxylic acids is 1. The number of hydrogen-bond acceptors (Lipinski definition) is 4. The Morgan fingerprint density at radius 3 is 2.83 bits per heavy atom. The second-order valence-electron chi connectivity index (χ2n) is 3.54. The fourth-order valence-electron chi connectivity index (χ4n) is 1.40. The molecule has 0 bridgehead atoms. The molecule has 3 N–H and O–H groups in total. The van der Waals surface area contributed by atoms with Gasteiger partial charge in [0.05, 0.1) is 11.4 Å². The maximum Gasteiger partial charge on any atom is 0.267 e. The highest BCUT2D eigenvalue weighted by atomic mass is 35.5. The van der Waals surface area contributed by atoms with Gasteiger partial charge in [-0.1, -0.05) is 22.9 Å². The molecule has 18 heavy (non-hydrogen) atoms. The van der Waals surface area contributed by atoms with Crippen LogP contribution in [0.5, 0.6) is 0 Å². The lowest BCUT2D eigenvalue weighted by molar-refractivity contribution is 0.102. The summed E-state index contributed by atoms with van der Waals surface area (Å²) in [6.07, 6.45) is 0. The summed E-state index contributed by atoms with van der Waals surface area (Å²) >= 11 is 6.68. The Bertz CT molecular complexity index is 614. The van der Waals surface area contributed by atoms with Crippen LogP contribution < -0.4 is 11.1 Å². The van der Waals surface area contributed by atoms with E-state index in [0.717, 1.165) is 17.4 Å². The first-order valence-corrected chi connectivity index (χ1v) is 6.16. The Morgan fingerprint density at radius 2 is 2.28 bits per heavy atom. The summed E-state index contributed by atoms with van der Waals surface area (Å²) in [6, 6.07) is 4.02. The molecule has 1 aromatic carbocycles. The Balaban J connectivity index is 2.24. The van der Waals surface area contributed by atoms with Gasteiger partial charge in [-0.2, -0.15) is 0 Å². The summed E-state index contributed by atoms with van der Waals surface area (Å²) in [5.74, 6) is -1.03. The molecule has 0 fully saturated rings. The maximum absolute atomic E-state index is 13.5. The molecule has 0 saturated heterocycles. The minimum atomic E-state index is -0.592. The van der Waals surface area contributed by atoms with Crippen LogP contribution in [-0.4, -0.2) is 10.9 Å². The number of anilines is 2. The SMILES string of the molecule is Cc1nc(N)sc1C(=O)Nc1ccc(Cl)cc1F. The monoisotopic (exact) mass is 285 g/mol. The van der Waals surface area contributed by atoms with Gasteiger partial charge < -0.3 is 11.1 Å². The smallest absolute Gasteiger partial charge is 0.267 e. The van der Waals surface area contributed by atoms with Crippen molar-refractivity contribution in [2.45, 2.75) is 6.92 Å². The predicted molar refractivity (Wildman–Crippen MR) is 70.6 cm³/mol. The molecule has 0 spiro atoms. The highest BCUT2D eigenvalue weighted by Crippen LogP contribution is 2.23. The van der Waals surface area contributed by atoms with Crippen LogP contribution in [0.2, 0.25) is 5.02 Å². The number of amides is 1. The standard InChI is InChI=1S/C11H9ClFN3OS/c1-5-9(18-11(14)15-5)10(17)16-8-3-2-6(12)4-7(8)13/h2-4H,1H3,(H2,14,15)(H,16,17). The van der Waals surface area contributed by atoms with Gasteiger partial charge in [0.25, 0.3) is 5.91 Å². The van der Waals surface area contributed by atoms with Crippen LogP contribution in [0.4, 0.5) is 15.2 Å². The molecule has 0 saturated carbocycles. The van der Waals surface area contributed by atoms with Gasteiger partial charge in [-0.15, -0.1) is 0 Å². The normalized spacial score (nSPS) is 10.4. The van der Waals surface area contributed by atoms with E-state index in [9.17, 15) is 9.18 Å². The summed E-state index contributed by atoms with van der Waals surface area (Å²) in [7, 11) is 0. The first-order chi connectivity index (χ1) is 8.47. The lowest BCUT2D eigenvalue weighted by Gasteiger charge is -2.05. The summed E-state index contributed by atoms with van der Waals surface area (Å²) < 4.78 is 13.5. The molecule has 0 unspecified atom stereocenters. The largest absolute Gasteiger partial charge is 0.375 e. The highest BCUT2D eigenvalue weighted by molar-refractivity contribution is 7.17. The summed E-state index contributed by atoms with van der Waals surface area (Å²) in [5, 5.41) is 3.02. The summed E-state index contributed by atoms with van der Waals surface area (Å²) in [4.78, 5) is 16.2. The highest BCUT2D eigenvalue weighted by Gasteiger charge is 2.15. The van der Waals surface area contributed by atoms with E-state index in [1.165, 1.54) is 12.1 Å². The number of aromatic nitrogens is 1. The van der Waals surface area contributed by atoms with Gasteiger partial charge in [0.1, 0.15) is 10.7 Å². The van der Waals surface area contributed by atoms with E-state index in [-0.39, 0.29) is 10.7 Å². The number of benzene rings is 1. The van der Waals surface area contributed by atoms with E-state index in [1.807, 2.05) is 0 Å². The van der Waals surface area contributed by atoms with Crippen molar-refractivity contribution >= 4 is 39.7 Å². The molecule has 7 heteroatoms. The molecule has 2 rings (SSSR count). The third-order valence-corrected chi connectivity index (χ3v) is 3.42. The molecule has 1 aromatic heterocycles. The third kappa shape index (κ3) is 2.60. The molecular formula is C11H9ClFN3OS. The van der Waals surface area contributed by atoms with Crippen LogP contribution in [-0.2, 0) is 0 Å². The van der Waals surface area contributed by atoms with Crippen molar-refractivity contribution < 1.29 is 9.18 Å². The first-order valence-electron chi connectivity index (χ1n) is 4.96. The van der Waals surface area contributed by atoms with Crippen molar-refractivity contribution in [3.8, 4) is 0 Å². The summed E-state index contributed by atoms with van der Waals surface area (Å²) in [6.45, 7) is 1.67. The number of thiazole rings is 1. The van der Waals surface area contributed by atoms with Gasteiger partial charge in [-0.25, -0.2) is 9.37 Å². The minimum Gasteiger partial charge on any atom is -0.375 e. The van der Waals surface area contributed by atoms with Gasteiger partial charge in [0.2, 0.25) is 0 Å². The Labute approximate surface area is 112 Å². The number of nitrogens with one attached hydrogen (secondary N) is 1. The fourth-order valence-corrected chi connectivity index (χ4v) is 2.29. The minimum absolute atomic E-state index is 0.0655. The quantitative estimate of drug-likeness (QED) is 0.891. The van der Waals surface area contributed by atoms with E-state index >= 15 is 0 Å². The second-order valence-corrected chi connectivity index (χ2v) is 5.01. The van der Waals surface area contributed by atoms with Crippen LogP contribution in [0.15, 0.2) is 18.2 Å². The fraction of sp³-hybridized carbons (Fsp3) is 0.0909. The summed E-state index contributed by atoms with van der Waals surface area (Å²) in [5.41, 5.74) is 6.08. The molecule has 94 valence electrons. The molecule has 1 amide bonds. The second kappa shape index (κ2) is 4.91. The lowest BCUT2D eigenvalue weighted by atomic mass is 10.3. The third-order valence-electron chi connectivity index (χ3n) is 2.20. The van der Waals surface area contributed by atoms with E-state index in [1.54, 1.807) is 6.92 Å². The number of nitrogen functional groups attached to an aromatic ring is 1. The van der Waals surface area contributed by atoms with Crippen molar-refractivity contribution in [2.24, 2.45) is 0 Å². The first kappa shape index (κ1) is 12.8. The average molecular weight is 286 g/mol. The number of rotatable bonds is 2. The molecule has 2 aromatic rings. The van der Waals surface area contributed by atoms with E-state index < -0.39 is 11.7 Å². The predicted octanol–water partition coefficient (Wildman–Crippen LogP) is 3.08. The molecule has 4 nitrogen and oxygen atoms in total. The molecule has 0 radical (unpaired) electrons. The number of hydrogen-bond donors (Lipinski definition) is 2. The number of nitrogens with zero attached hydrogens (tertiary/aromatic N) is 1. The van der Waals surface area contributed by atoms with Crippen LogP contribution >= 0.6 is 22.9 Å². The van der Waals surface area contributed by atoms with Gasteiger partial charge in [0, 0.05) is 5.02 Å². The zero-order chi connectivity index (χ0) is 13.3. The van der Waals surface area contributed by atoms with Crippen molar-refractivity contribution in [1.82, 2.24) is 4.98 Å². The van der Waals surface area contributed by atoms with Gasteiger partial charge >= 0.3 is 0 Å². The average Bonchev–Trinajstić information content (AvgIpc) is 2.62. The molecule has 0 aliphatic carbocycles. The van der Waals surface area contributed by atoms with Crippen molar-refractivity contribution in [3.05, 3.63) is 39.6 Å². The van der Waals surface area contributed by atoms with Crippen molar-refractivity contribution in [2.75, 3.05) is 11.1 Å². The van der Waals surface area contributed by atoms with Crippen LogP contribution in [0.3, 0.4) is 0 Å². The lowest BCUT2D eigenvalue weighted by Crippen LogP contribution is -2.12.